The van der Waals surface area contributed by atoms with Crippen LogP contribution in [0.2, 0.25) is 5.02 Å². The van der Waals surface area contributed by atoms with Crippen molar-refractivity contribution in [1.29, 1.82) is 10.5 Å². The topological polar surface area (TPSA) is 104 Å². The lowest BCUT2D eigenvalue weighted by Crippen LogP contribution is -2.04. The van der Waals surface area contributed by atoms with E-state index in [1.807, 2.05) is 17.8 Å². The van der Waals surface area contributed by atoms with Crippen molar-refractivity contribution in [3.63, 3.8) is 0 Å². The maximum absolute atomic E-state index is 9.75. The SMILES string of the molecule is Cn1ccnc1CSc1nc(N)c(C#N)c(-c2cccc(Cl)c2)c1C#N. The van der Waals surface area contributed by atoms with Crippen LogP contribution in [0.25, 0.3) is 11.1 Å². The van der Waals surface area contributed by atoms with Crippen molar-refractivity contribution in [2.75, 3.05) is 5.73 Å². The summed E-state index contributed by atoms with van der Waals surface area (Å²) in [5.41, 5.74) is 7.58. The summed E-state index contributed by atoms with van der Waals surface area (Å²) in [5.74, 6) is 1.45. The first-order valence-electron chi connectivity index (χ1n) is 7.53. The average Bonchev–Trinajstić information content (AvgIpc) is 3.04. The highest BCUT2D eigenvalue weighted by molar-refractivity contribution is 7.98. The molecule has 0 bridgehead atoms. The first-order valence-corrected chi connectivity index (χ1v) is 8.90. The average molecular weight is 381 g/mol. The van der Waals surface area contributed by atoms with E-state index in [1.54, 1.807) is 30.5 Å². The first kappa shape index (κ1) is 17.8. The van der Waals surface area contributed by atoms with Crippen LogP contribution in [0.1, 0.15) is 17.0 Å². The van der Waals surface area contributed by atoms with Gasteiger partial charge in [-0.2, -0.15) is 10.5 Å². The summed E-state index contributed by atoms with van der Waals surface area (Å²) in [6, 6.07) is 11.2. The predicted octanol–water partition coefficient (Wildman–Crippen LogP) is 3.75. The zero-order chi connectivity index (χ0) is 18.7. The number of nitrogens with two attached hydrogens (primary N) is 1. The number of nitriles is 2. The van der Waals surface area contributed by atoms with E-state index in [0.29, 0.717) is 32.5 Å². The van der Waals surface area contributed by atoms with Gasteiger partial charge in [-0.25, -0.2) is 9.97 Å². The largest absolute Gasteiger partial charge is 0.383 e. The summed E-state index contributed by atoms with van der Waals surface area (Å²) in [6.45, 7) is 0. The number of halogens is 1. The molecule has 0 spiro atoms. The molecule has 2 N–H and O–H groups in total. The van der Waals surface area contributed by atoms with E-state index < -0.39 is 0 Å². The Labute approximate surface area is 159 Å². The van der Waals surface area contributed by atoms with E-state index in [1.165, 1.54) is 11.8 Å². The summed E-state index contributed by atoms with van der Waals surface area (Å²) in [4.78, 5) is 8.54. The number of imidazole rings is 1. The van der Waals surface area contributed by atoms with Crippen molar-refractivity contribution in [3.8, 4) is 23.3 Å². The Balaban J connectivity index is 2.13. The highest BCUT2D eigenvalue weighted by atomic mass is 35.5. The van der Waals surface area contributed by atoms with E-state index >= 15 is 0 Å². The van der Waals surface area contributed by atoms with E-state index in [9.17, 15) is 10.5 Å². The molecule has 3 aromatic rings. The van der Waals surface area contributed by atoms with Crippen LogP contribution in [0.5, 0.6) is 0 Å². The number of hydrogen-bond donors (Lipinski definition) is 1. The summed E-state index contributed by atoms with van der Waals surface area (Å²) in [5, 5.41) is 20.2. The lowest BCUT2D eigenvalue weighted by atomic mass is 9.97. The van der Waals surface area contributed by atoms with Gasteiger partial charge in [0.05, 0.1) is 11.3 Å². The molecule has 1 aromatic carbocycles. The fourth-order valence-electron chi connectivity index (χ4n) is 2.50. The monoisotopic (exact) mass is 380 g/mol. The van der Waals surface area contributed by atoms with Crippen molar-refractivity contribution in [1.82, 2.24) is 14.5 Å². The zero-order valence-corrected chi connectivity index (χ0v) is 15.3. The minimum Gasteiger partial charge on any atom is -0.383 e. The lowest BCUT2D eigenvalue weighted by molar-refractivity contribution is 0.848. The molecule has 2 heterocycles. The molecule has 0 saturated heterocycles. The maximum Gasteiger partial charge on any atom is 0.143 e. The molecule has 0 saturated carbocycles. The van der Waals surface area contributed by atoms with Crippen LogP contribution in [-0.4, -0.2) is 14.5 Å². The van der Waals surface area contributed by atoms with Crippen LogP contribution >= 0.6 is 23.4 Å². The Bertz CT molecular complexity index is 1060. The molecule has 8 heteroatoms. The normalized spacial score (nSPS) is 10.3. The van der Waals surface area contributed by atoms with Crippen LogP contribution in [-0.2, 0) is 12.8 Å². The minimum absolute atomic E-state index is 0.0869. The van der Waals surface area contributed by atoms with Gasteiger partial charge in [0.2, 0.25) is 0 Å². The summed E-state index contributed by atoms with van der Waals surface area (Å²) < 4.78 is 1.89. The van der Waals surface area contributed by atoms with Gasteiger partial charge >= 0.3 is 0 Å². The summed E-state index contributed by atoms with van der Waals surface area (Å²) in [7, 11) is 1.89. The molecule has 0 radical (unpaired) electrons. The number of hydrogen-bond acceptors (Lipinski definition) is 6. The number of nitrogens with zero attached hydrogens (tertiary/aromatic N) is 5. The quantitative estimate of drug-likeness (QED) is 0.691. The smallest absolute Gasteiger partial charge is 0.143 e. The van der Waals surface area contributed by atoms with Gasteiger partial charge in [0, 0.05) is 30.0 Å². The van der Waals surface area contributed by atoms with Gasteiger partial charge in [0.15, 0.2) is 0 Å². The number of anilines is 1. The molecule has 26 heavy (non-hydrogen) atoms. The van der Waals surface area contributed by atoms with Crippen LogP contribution in [0, 0.1) is 22.7 Å². The first-order chi connectivity index (χ1) is 12.5. The van der Waals surface area contributed by atoms with Crippen LogP contribution in [0.15, 0.2) is 41.7 Å². The highest BCUT2D eigenvalue weighted by Gasteiger charge is 2.21. The van der Waals surface area contributed by atoms with Crippen molar-refractivity contribution in [3.05, 3.63) is 58.6 Å². The van der Waals surface area contributed by atoms with Crippen molar-refractivity contribution in [2.45, 2.75) is 10.8 Å². The number of benzene rings is 1. The molecule has 0 aliphatic heterocycles. The maximum atomic E-state index is 9.75. The Morgan fingerprint density at radius 1 is 1.27 bits per heavy atom. The molecule has 0 atom stereocenters. The molecule has 3 rings (SSSR count). The summed E-state index contributed by atoms with van der Waals surface area (Å²) in [6.07, 6.45) is 3.55. The second-order valence-corrected chi connectivity index (χ2v) is 6.80. The molecule has 0 aliphatic rings. The number of thioether (sulfide) groups is 1. The van der Waals surface area contributed by atoms with E-state index in [2.05, 4.69) is 22.1 Å². The van der Waals surface area contributed by atoms with E-state index in [4.69, 9.17) is 17.3 Å². The van der Waals surface area contributed by atoms with Crippen LogP contribution in [0.3, 0.4) is 0 Å². The Morgan fingerprint density at radius 3 is 2.65 bits per heavy atom. The molecular formula is C18H13ClN6S. The molecular weight excluding hydrogens is 368 g/mol. The van der Waals surface area contributed by atoms with E-state index in [-0.39, 0.29) is 11.4 Å². The highest BCUT2D eigenvalue weighted by Crippen LogP contribution is 2.37. The van der Waals surface area contributed by atoms with Gasteiger partial charge in [0.25, 0.3) is 0 Å². The fraction of sp³-hybridized carbons (Fsp3) is 0.111. The lowest BCUT2D eigenvalue weighted by Gasteiger charge is -2.13. The second kappa shape index (κ2) is 7.49. The third kappa shape index (κ3) is 3.36. The van der Waals surface area contributed by atoms with Crippen molar-refractivity contribution >= 4 is 29.2 Å². The van der Waals surface area contributed by atoms with E-state index in [0.717, 1.165) is 5.82 Å². The zero-order valence-electron chi connectivity index (χ0n) is 13.8. The Morgan fingerprint density at radius 2 is 2.04 bits per heavy atom. The number of rotatable bonds is 4. The van der Waals surface area contributed by atoms with Gasteiger partial charge < -0.3 is 10.3 Å². The van der Waals surface area contributed by atoms with Crippen molar-refractivity contribution in [2.24, 2.45) is 7.05 Å². The third-order valence-electron chi connectivity index (χ3n) is 3.79. The number of nitrogen functional groups attached to an aromatic ring is 1. The minimum atomic E-state index is 0.0869. The molecule has 0 amide bonds. The molecule has 6 nitrogen and oxygen atoms in total. The fourth-order valence-corrected chi connectivity index (χ4v) is 3.69. The van der Waals surface area contributed by atoms with Crippen LogP contribution < -0.4 is 5.73 Å². The number of aromatic nitrogens is 3. The van der Waals surface area contributed by atoms with Gasteiger partial charge in [-0.15, -0.1) is 0 Å². The second-order valence-electron chi connectivity index (χ2n) is 5.40. The third-order valence-corrected chi connectivity index (χ3v) is 4.99. The molecule has 128 valence electrons. The molecule has 0 unspecified atom stereocenters. The van der Waals surface area contributed by atoms with Gasteiger partial charge in [0.1, 0.15) is 34.4 Å². The Kier molecular flexibility index (Phi) is 5.13. The summed E-state index contributed by atoms with van der Waals surface area (Å²) >= 11 is 7.43. The Hall–Kier alpha value is -3.00. The number of aryl methyl sites for hydroxylation is 1. The van der Waals surface area contributed by atoms with Crippen LogP contribution in [0.4, 0.5) is 5.82 Å². The van der Waals surface area contributed by atoms with Crippen molar-refractivity contribution < 1.29 is 0 Å². The van der Waals surface area contributed by atoms with Gasteiger partial charge in [-0.3, -0.25) is 0 Å². The standard InChI is InChI=1S/C18H13ClN6S/c1-25-6-5-23-15(25)10-26-18-14(9-21)16(13(8-20)17(22)24-18)11-3-2-4-12(19)7-11/h2-7H,10H2,1H3,(H2,22,24). The predicted molar refractivity (Wildman–Crippen MR) is 101 cm³/mol. The molecule has 0 fully saturated rings. The van der Waals surface area contributed by atoms with Gasteiger partial charge in [-0.05, 0) is 17.7 Å². The molecule has 2 aromatic heterocycles. The number of pyridine rings is 1. The van der Waals surface area contributed by atoms with Gasteiger partial charge in [-0.1, -0.05) is 35.5 Å². The molecule has 0 aliphatic carbocycles.